The van der Waals surface area contributed by atoms with Crippen molar-refractivity contribution < 1.29 is 9.84 Å². The first-order valence-electron chi connectivity index (χ1n) is 7.14. The number of hydrogen-bond acceptors (Lipinski definition) is 4. The second-order valence-corrected chi connectivity index (χ2v) is 6.07. The number of hydrogen-bond donors (Lipinski definition) is 1. The van der Waals surface area contributed by atoms with Crippen LogP contribution in [0.3, 0.4) is 0 Å². The molecule has 1 N–H and O–H groups in total. The zero-order valence-corrected chi connectivity index (χ0v) is 12.5. The number of nitrogens with zero attached hydrogens (tertiary/aromatic N) is 3. The second kappa shape index (κ2) is 5.59. The molecule has 5 heteroatoms. The van der Waals surface area contributed by atoms with Crippen molar-refractivity contribution in [2.45, 2.75) is 65.9 Å². The summed E-state index contributed by atoms with van der Waals surface area (Å²) in [4.78, 5) is 0. The van der Waals surface area contributed by atoms with Gasteiger partial charge in [0.15, 0.2) is 5.82 Å². The topological polar surface area (TPSA) is 60.2 Å². The molecule has 4 atom stereocenters. The smallest absolute Gasteiger partial charge is 0.158 e. The Labute approximate surface area is 115 Å². The molecule has 1 fully saturated rings. The third-order valence-electron chi connectivity index (χ3n) is 4.09. The van der Waals surface area contributed by atoms with E-state index < -0.39 is 0 Å². The third kappa shape index (κ3) is 2.67. The average molecular weight is 267 g/mol. The van der Waals surface area contributed by atoms with E-state index in [2.05, 4.69) is 49.4 Å². The van der Waals surface area contributed by atoms with E-state index in [1.54, 1.807) is 0 Å². The number of aliphatic hydroxyl groups excluding tert-OH is 1. The van der Waals surface area contributed by atoms with Gasteiger partial charge in [-0.25, -0.2) is 0 Å². The highest BCUT2D eigenvalue weighted by atomic mass is 16.5. The molecule has 1 aromatic rings. The van der Waals surface area contributed by atoms with Gasteiger partial charge in [-0.15, -0.1) is 10.2 Å². The van der Waals surface area contributed by atoms with E-state index in [9.17, 15) is 5.11 Å². The monoisotopic (exact) mass is 267 g/mol. The van der Waals surface area contributed by atoms with E-state index in [0.29, 0.717) is 17.7 Å². The fourth-order valence-electron chi connectivity index (χ4n) is 2.99. The SMILES string of the molecule is CC(C)Cn1c(CO)nnc1C1C(C)OC(C)C1C. The highest BCUT2D eigenvalue weighted by molar-refractivity contribution is 5.09. The zero-order chi connectivity index (χ0) is 14.2. The molecule has 2 heterocycles. The summed E-state index contributed by atoms with van der Waals surface area (Å²) in [5.74, 6) is 2.77. The zero-order valence-electron chi connectivity index (χ0n) is 12.5. The predicted molar refractivity (Wildman–Crippen MR) is 72.7 cm³/mol. The normalized spacial score (nSPS) is 31.3. The standard InChI is InChI=1S/C14H25N3O2/c1-8(2)6-17-12(7-18)15-16-14(17)13-9(3)10(4)19-11(13)5/h8-11,13,18H,6-7H2,1-5H3. The quantitative estimate of drug-likeness (QED) is 0.906. The molecule has 1 aliphatic heterocycles. The van der Waals surface area contributed by atoms with Gasteiger partial charge in [0.2, 0.25) is 0 Å². The van der Waals surface area contributed by atoms with Gasteiger partial charge in [0.25, 0.3) is 0 Å². The van der Waals surface area contributed by atoms with Crippen LogP contribution in [0.25, 0.3) is 0 Å². The van der Waals surface area contributed by atoms with Crippen LogP contribution >= 0.6 is 0 Å². The lowest BCUT2D eigenvalue weighted by Gasteiger charge is -2.20. The fourth-order valence-corrected chi connectivity index (χ4v) is 2.99. The maximum Gasteiger partial charge on any atom is 0.158 e. The van der Waals surface area contributed by atoms with Crippen LogP contribution in [0.5, 0.6) is 0 Å². The molecule has 1 aromatic heterocycles. The number of ether oxygens (including phenoxy) is 1. The van der Waals surface area contributed by atoms with E-state index in [4.69, 9.17) is 4.74 Å². The van der Waals surface area contributed by atoms with Crippen LogP contribution in [-0.4, -0.2) is 32.1 Å². The number of rotatable bonds is 4. The summed E-state index contributed by atoms with van der Waals surface area (Å²) in [7, 11) is 0. The summed E-state index contributed by atoms with van der Waals surface area (Å²) in [6.45, 7) is 11.5. The molecule has 19 heavy (non-hydrogen) atoms. The van der Waals surface area contributed by atoms with Crippen molar-refractivity contribution in [2.75, 3.05) is 0 Å². The van der Waals surface area contributed by atoms with Gasteiger partial charge >= 0.3 is 0 Å². The molecule has 108 valence electrons. The average Bonchev–Trinajstić information content (AvgIpc) is 2.81. The largest absolute Gasteiger partial charge is 0.388 e. The summed E-state index contributed by atoms with van der Waals surface area (Å²) in [6, 6.07) is 0. The maximum atomic E-state index is 9.42. The van der Waals surface area contributed by atoms with E-state index in [0.717, 1.165) is 12.4 Å². The lowest BCUT2D eigenvalue weighted by Crippen LogP contribution is -2.22. The Kier molecular flexibility index (Phi) is 4.26. The molecule has 0 aromatic carbocycles. The second-order valence-electron chi connectivity index (χ2n) is 6.07. The Morgan fingerprint density at radius 3 is 2.37 bits per heavy atom. The Balaban J connectivity index is 2.36. The summed E-state index contributed by atoms with van der Waals surface area (Å²) >= 11 is 0. The van der Waals surface area contributed by atoms with Gasteiger partial charge in [-0.1, -0.05) is 20.8 Å². The minimum absolute atomic E-state index is 0.0639. The Morgan fingerprint density at radius 2 is 1.89 bits per heavy atom. The summed E-state index contributed by atoms with van der Waals surface area (Å²) in [5, 5.41) is 17.9. The van der Waals surface area contributed by atoms with Crippen molar-refractivity contribution in [3.05, 3.63) is 11.6 Å². The Hall–Kier alpha value is -0.940. The van der Waals surface area contributed by atoms with Crippen molar-refractivity contribution in [1.82, 2.24) is 14.8 Å². The highest BCUT2D eigenvalue weighted by Crippen LogP contribution is 2.39. The van der Waals surface area contributed by atoms with Gasteiger partial charge < -0.3 is 14.4 Å². The molecule has 0 spiro atoms. The van der Waals surface area contributed by atoms with Gasteiger partial charge in [-0.3, -0.25) is 0 Å². The molecule has 0 saturated carbocycles. The molecular weight excluding hydrogens is 242 g/mol. The first kappa shape index (κ1) is 14.5. The van der Waals surface area contributed by atoms with Gasteiger partial charge in [0.05, 0.1) is 18.1 Å². The molecular formula is C14H25N3O2. The van der Waals surface area contributed by atoms with Crippen LogP contribution in [-0.2, 0) is 17.9 Å². The number of aromatic nitrogens is 3. The van der Waals surface area contributed by atoms with Crippen LogP contribution in [0.4, 0.5) is 0 Å². The molecule has 2 rings (SSSR count). The predicted octanol–water partition coefficient (Wildman–Crippen LogP) is 1.95. The molecule has 0 radical (unpaired) electrons. The van der Waals surface area contributed by atoms with Crippen molar-refractivity contribution >= 4 is 0 Å². The lowest BCUT2D eigenvalue weighted by atomic mass is 9.88. The van der Waals surface area contributed by atoms with Crippen LogP contribution in [0.15, 0.2) is 0 Å². The van der Waals surface area contributed by atoms with Gasteiger partial charge in [-0.2, -0.15) is 0 Å². The molecule has 4 unspecified atom stereocenters. The summed E-state index contributed by atoms with van der Waals surface area (Å²) in [6.07, 6.45) is 0.383. The number of aliphatic hydroxyl groups is 1. The summed E-state index contributed by atoms with van der Waals surface area (Å²) in [5.41, 5.74) is 0. The van der Waals surface area contributed by atoms with Crippen LogP contribution in [0.2, 0.25) is 0 Å². The van der Waals surface area contributed by atoms with Crippen LogP contribution < -0.4 is 0 Å². The fraction of sp³-hybridized carbons (Fsp3) is 0.857. The molecule has 0 amide bonds. The maximum absolute atomic E-state index is 9.42. The minimum atomic E-state index is -0.0639. The van der Waals surface area contributed by atoms with Crippen molar-refractivity contribution in [1.29, 1.82) is 0 Å². The van der Waals surface area contributed by atoms with Gasteiger partial charge in [-0.05, 0) is 25.7 Å². The van der Waals surface area contributed by atoms with Crippen molar-refractivity contribution in [3.8, 4) is 0 Å². The molecule has 0 aliphatic carbocycles. The molecule has 1 saturated heterocycles. The van der Waals surface area contributed by atoms with Gasteiger partial charge in [0.1, 0.15) is 12.4 Å². The molecule has 0 bridgehead atoms. The van der Waals surface area contributed by atoms with E-state index in [1.807, 2.05) is 0 Å². The lowest BCUT2D eigenvalue weighted by molar-refractivity contribution is 0.0551. The third-order valence-corrected chi connectivity index (χ3v) is 4.09. The van der Waals surface area contributed by atoms with E-state index in [-0.39, 0.29) is 24.7 Å². The van der Waals surface area contributed by atoms with Crippen LogP contribution in [0.1, 0.15) is 52.2 Å². The van der Waals surface area contributed by atoms with Gasteiger partial charge in [0, 0.05) is 6.54 Å². The summed E-state index contributed by atoms with van der Waals surface area (Å²) < 4.78 is 7.97. The van der Waals surface area contributed by atoms with Crippen LogP contribution in [0, 0.1) is 11.8 Å². The Morgan fingerprint density at radius 1 is 1.21 bits per heavy atom. The van der Waals surface area contributed by atoms with Crippen molar-refractivity contribution in [3.63, 3.8) is 0 Å². The Bertz CT molecular complexity index is 430. The molecule has 5 nitrogen and oxygen atoms in total. The van der Waals surface area contributed by atoms with E-state index >= 15 is 0 Å². The highest BCUT2D eigenvalue weighted by Gasteiger charge is 2.41. The minimum Gasteiger partial charge on any atom is -0.388 e. The first-order valence-corrected chi connectivity index (χ1v) is 7.14. The first-order chi connectivity index (χ1) is 8.95. The molecule has 1 aliphatic rings. The van der Waals surface area contributed by atoms with Crippen molar-refractivity contribution in [2.24, 2.45) is 11.8 Å². The van der Waals surface area contributed by atoms with E-state index in [1.165, 1.54) is 0 Å².